The lowest BCUT2D eigenvalue weighted by Crippen LogP contribution is -2.19. The predicted octanol–water partition coefficient (Wildman–Crippen LogP) is 2.94. The Kier molecular flexibility index (Phi) is 3.14. The van der Waals surface area contributed by atoms with Crippen molar-refractivity contribution in [3.05, 3.63) is 35.4 Å². The van der Waals surface area contributed by atoms with Gasteiger partial charge < -0.3 is 14.8 Å². The second kappa shape index (κ2) is 4.65. The average molecular weight is 247 g/mol. The van der Waals surface area contributed by atoms with Crippen LogP contribution in [0.5, 0.6) is 0 Å². The highest BCUT2D eigenvalue weighted by Gasteiger charge is 2.33. The van der Waals surface area contributed by atoms with Crippen molar-refractivity contribution in [1.82, 2.24) is 5.32 Å². The van der Waals surface area contributed by atoms with Crippen molar-refractivity contribution < 1.29 is 9.47 Å². The molecule has 98 valence electrons. The fraction of sp³-hybridized carbons (Fsp3) is 0.600. The van der Waals surface area contributed by atoms with Gasteiger partial charge >= 0.3 is 0 Å². The summed E-state index contributed by atoms with van der Waals surface area (Å²) in [7, 11) is 0. The minimum Gasteiger partial charge on any atom is -0.347 e. The van der Waals surface area contributed by atoms with E-state index < -0.39 is 5.79 Å². The van der Waals surface area contributed by atoms with E-state index in [1.165, 1.54) is 24.0 Å². The molecule has 0 bridgehead atoms. The van der Waals surface area contributed by atoms with Crippen LogP contribution in [0.25, 0.3) is 0 Å². The molecule has 2 saturated heterocycles. The van der Waals surface area contributed by atoms with Gasteiger partial charge in [-0.25, -0.2) is 0 Å². The summed E-state index contributed by atoms with van der Waals surface area (Å²) in [5, 5.41) is 3.53. The molecule has 2 unspecified atom stereocenters. The standard InChI is InChI=1S/C15H21NO2/c1-15(2)17-10-14(18-15)12-6-3-5-11(9-12)13-7-4-8-16-13/h3,5-6,9,13-14,16H,4,7-8,10H2,1-2H3. The van der Waals surface area contributed by atoms with Gasteiger partial charge in [-0.1, -0.05) is 24.3 Å². The Hall–Kier alpha value is -0.900. The lowest BCUT2D eigenvalue weighted by atomic mass is 10.0. The monoisotopic (exact) mass is 247 g/mol. The van der Waals surface area contributed by atoms with Crippen LogP contribution in [0.3, 0.4) is 0 Å². The van der Waals surface area contributed by atoms with Gasteiger partial charge in [0.1, 0.15) is 6.10 Å². The van der Waals surface area contributed by atoms with Crippen LogP contribution in [0.2, 0.25) is 0 Å². The van der Waals surface area contributed by atoms with Crippen molar-refractivity contribution in [3.8, 4) is 0 Å². The molecule has 0 spiro atoms. The molecule has 2 atom stereocenters. The van der Waals surface area contributed by atoms with Crippen molar-refractivity contribution in [2.45, 2.75) is 44.6 Å². The van der Waals surface area contributed by atoms with Gasteiger partial charge in [-0.05, 0) is 44.4 Å². The number of benzene rings is 1. The largest absolute Gasteiger partial charge is 0.347 e. The van der Waals surface area contributed by atoms with Crippen molar-refractivity contribution in [2.24, 2.45) is 0 Å². The fourth-order valence-corrected chi connectivity index (χ4v) is 2.80. The highest BCUT2D eigenvalue weighted by Crippen LogP contribution is 2.34. The summed E-state index contributed by atoms with van der Waals surface area (Å²) in [6, 6.07) is 9.24. The first-order valence-corrected chi connectivity index (χ1v) is 6.79. The van der Waals surface area contributed by atoms with E-state index in [2.05, 4.69) is 29.6 Å². The lowest BCUT2D eigenvalue weighted by molar-refractivity contribution is -0.139. The van der Waals surface area contributed by atoms with Gasteiger partial charge in [-0.15, -0.1) is 0 Å². The maximum Gasteiger partial charge on any atom is 0.163 e. The summed E-state index contributed by atoms with van der Waals surface area (Å²) < 4.78 is 11.5. The highest BCUT2D eigenvalue weighted by atomic mass is 16.7. The predicted molar refractivity (Wildman–Crippen MR) is 70.3 cm³/mol. The van der Waals surface area contributed by atoms with Crippen molar-refractivity contribution in [2.75, 3.05) is 13.2 Å². The summed E-state index contributed by atoms with van der Waals surface area (Å²) in [6.07, 6.45) is 2.57. The first kappa shape index (κ1) is 12.2. The second-order valence-corrected chi connectivity index (χ2v) is 5.64. The summed E-state index contributed by atoms with van der Waals surface area (Å²) >= 11 is 0. The smallest absolute Gasteiger partial charge is 0.163 e. The van der Waals surface area contributed by atoms with E-state index in [9.17, 15) is 0 Å². The molecule has 2 heterocycles. The molecule has 3 heteroatoms. The maximum absolute atomic E-state index is 5.91. The van der Waals surface area contributed by atoms with E-state index >= 15 is 0 Å². The van der Waals surface area contributed by atoms with E-state index in [4.69, 9.17) is 9.47 Å². The summed E-state index contributed by atoms with van der Waals surface area (Å²) in [5.74, 6) is -0.452. The molecule has 18 heavy (non-hydrogen) atoms. The molecule has 0 radical (unpaired) electrons. The van der Waals surface area contributed by atoms with E-state index in [1.54, 1.807) is 0 Å². The minimum atomic E-state index is -0.452. The van der Waals surface area contributed by atoms with E-state index in [0.717, 1.165) is 6.54 Å². The molecule has 3 rings (SSSR count). The van der Waals surface area contributed by atoms with Gasteiger partial charge in [-0.3, -0.25) is 0 Å². The molecule has 2 aliphatic heterocycles. The molecule has 1 aromatic carbocycles. The van der Waals surface area contributed by atoms with Crippen LogP contribution in [0, 0.1) is 0 Å². The van der Waals surface area contributed by atoms with E-state index in [-0.39, 0.29) is 6.10 Å². The van der Waals surface area contributed by atoms with Crippen LogP contribution in [0.15, 0.2) is 24.3 Å². The molecule has 1 aromatic rings. The van der Waals surface area contributed by atoms with Crippen LogP contribution < -0.4 is 5.32 Å². The molecule has 0 aromatic heterocycles. The van der Waals surface area contributed by atoms with Crippen LogP contribution in [0.4, 0.5) is 0 Å². The molecule has 2 aliphatic rings. The molecule has 3 nitrogen and oxygen atoms in total. The topological polar surface area (TPSA) is 30.5 Å². The molecule has 0 amide bonds. The van der Waals surface area contributed by atoms with Crippen LogP contribution in [0.1, 0.15) is 50.0 Å². The number of nitrogens with one attached hydrogen (secondary N) is 1. The molecule has 0 aliphatic carbocycles. The van der Waals surface area contributed by atoms with Gasteiger partial charge in [0.15, 0.2) is 5.79 Å². The summed E-state index contributed by atoms with van der Waals surface area (Å²) in [4.78, 5) is 0. The molecule has 2 fully saturated rings. The molecular formula is C15H21NO2. The molecule has 1 N–H and O–H groups in total. The normalized spacial score (nSPS) is 30.8. The van der Waals surface area contributed by atoms with Gasteiger partial charge in [0.2, 0.25) is 0 Å². The van der Waals surface area contributed by atoms with Crippen molar-refractivity contribution >= 4 is 0 Å². The van der Waals surface area contributed by atoms with Gasteiger partial charge in [0, 0.05) is 6.04 Å². The Morgan fingerprint density at radius 2 is 2.11 bits per heavy atom. The van der Waals surface area contributed by atoms with Crippen molar-refractivity contribution in [1.29, 1.82) is 0 Å². The highest BCUT2D eigenvalue weighted by molar-refractivity contribution is 5.28. The Morgan fingerprint density at radius 3 is 2.78 bits per heavy atom. The summed E-state index contributed by atoms with van der Waals surface area (Å²) in [6.45, 7) is 5.71. The third-order valence-electron chi connectivity index (χ3n) is 3.75. The first-order chi connectivity index (χ1) is 8.64. The maximum atomic E-state index is 5.91. The Bertz CT molecular complexity index is 424. The zero-order valence-electron chi connectivity index (χ0n) is 11.1. The Labute approximate surface area is 108 Å². The van der Waals surface area contributed by atoms with E-state index in [1.807, 2.05) is 13.8 Å². The molecule has 0 saturated carbocycles. The first-order valence-electron chi connectivity index (χ1n) is 6.79. The zero-order valence-corrected chi connectivity index (χ0v) is 11.1. The summed E-state index contributed by atoms with van der Waals surface area (Å²) in [5.41, 5.74) is 2.60. The fourth-order valence-electron chi connectivity index (χ4n) is 2.80. The van der Waals surface area contributed by atoms with Crippen LogP contribution in [-0.4, -0.2) is 18.9 Å². The third kappa shape index (κ3) is 2.44. The van der Waals surface area contributed by atoms with Crippen LogP contribution in [-0.2, 0) is 9.47 Å². The van der Waals surface area contributed by atoms with Gasteiger partial charge in [0.05, 0.1) is 6.61 Å². The SMILES string of the molecule is CC1(C)OCC(c2cccc(C3CCCN3)c2)O1. The van der Waals surface area contributed by atoms with Crippen molar-refractivity contribution in [3.63, 3.8) is 0 Å². The Morgan fingerprint density at radius 1 is 1.28 bits per heavy atom. The average Bonchev–Trinajstić information content (AvgIpc) is 2.98. The van der Waals surface area contributed by atoms with E-state index in [0.29, 0.717) is 12.6 Å². The number of rotatable bonds is 2. The van der Waals surface area contributed by atoms with Crippen LogP contribution >= 0.6 is 0 Å². The number of ether oxygens (including phenoxy) is 2. The number of hydrogen-bond acceptors (Lipinski definition) is 3. The zero-order chi connectivity index (χ0) is 12.6. The molecular weight excluding hydrogens is 226 g/mol. The lowest BCUT2D eigenvalue weighted by Gasteiger charge is -2.18. The Balaban J connectivity index is 1.78. The third-order valence-corrected chi connectivity index (χ3v) is 3.75. The van der Waals surface area contributed by atoms with Gasteiger partial charge in [0.25, 0.3) is 0 Å². The number of hydrogen-bond donors (Lipinski definition) is 1. The van der Waals surface area contributed by atoms with Gasteiger partial charge in [-0.2, -0.15) is 0 Å². The second-order valence-electron chi connectivity index (χ2n) is 5.64. The minimum absolute atomic E-state index is 0.0707. The quantitative estimate of drug-likeness (QED) is 0.871.